The molecule has 140 valence electrons. The van der Waals surface area contributed by atoms with Crippen LogP contribution in [0.25, 0.3) is 15.9 Å². The third kappa shape index (κ3) is 3.44. The Kier molecular flexibility index (Phi) is 4.65. The van der Waals surface area contributed by atoms with E-state index in [0.29, 0.717) is 17.6 Å². The lowest BCUT2D eigenvalue weighted by Gasteiger charge is -2.11. The van der Waals surface area contributed by atoms with Gasteiger partial charge in [-0.1, -0.05) is 25.4 Å². The van der Waals surface area contributed by atoms with Crippen LogP contribution < -0.4 is 10.2 Å². The van der Waals surface area contributed by atoms with E-state index in [1.165, 1.54) is 4.70 Å². The lowest BCUT2D eigenvalue weighted by molar-refractivity contribution is 0.871. The molecular weight excluding hydrogens is 380 g/mol. The van der Waals surface area contributed by atoms with E-state index >= 15 is 0 Å². The highest BCUT2D eigenvalue weighted by Gasteiger charge is 2.14. The second-order valence-electron chi connectivity index (χ2n) is 6.96. The Morgan fingerprint density at radius 2 is 2.04 bits per heavy atom. The van der Waals surface area contributed by atoms with E-state index < -0.39 is 0 Å². The maximum Gasteiger partial charge on any atom is 0.162 e. The van der Waals surface area contributed by atoms with Crippen LogP contribution in [0.4, 0.5) is 11.5 Å². The van der Waals surface area contributed by atoms with Crippen LogP contribution in [-0.2, 0) is 6.54 Å². The molecule has 3 heterocycles. The van der Waals surface area contributed by atoms with Crippen molar-refractivity contribution >= 4 is 50.3 Å². The summed E-state index contributed by atoms with van der Waals surface area (Å²) >= 11 is 7.93. The number of anilines is 2. The average Bonchev–Trinajstić information content (AvgIpc) is 3.22. The largest absolute Gasteiger partial charge is 0.378 e. The fourth-order valence-corrected chi connectivity index (χ4v) is 4.04. The number of rotatable bonds is 5. The molecule has 27 heavy (non-hydrogen) atoms. The number of hydrogen-bond acceptors (Lipinski definition) is 6. The minimum absolute atomic E-state index is 0.330. The second-order valence-corrected chi connectivity index (χ2v) is 8.46. The van der Waals surface area contributed by atoms with Gasteiger partial charge >= 0.3 is 0 Å². The smallest absolute Gasteiger partial charge is 0.162 e. The third-order valence-corrected chi connectivity index (χ3v) is 5.67. The lowest BCUT2D eigenvalue weighted by Crippen LogP contribution is -2.08. The molecule has 0 aliphatic heterocycles. The molecule has 0 unspecified atom stereocenters. The zero-order valence-electron chi connectivity index (χ0n) is 15.7. The zero-order chi connectivity index (χ0) is 19.1. The highest BCUT2D eigenvalue weighted by Crippen LogP contribution is 2.28. The van der Waals surface area contributed by atoms with Gasteiger partial charge in [0, 0.05) is 31.4 Å². The summed E-state index contributed by atoms with van der Waals surface area (Å²) in [7, 11) is 4.06. The molecule has 0 spiro atoms. The van der Waals surface area contributed by atoms with Crippen LogP contribution in [0, 0.1) is 0 Å². The van der Waals surface area contributed by atoms with Crippen molar-refractivity contribution in [3.8, 4) is 0 Å². The summed E-state index contributed by atoms with van der Waals surface area (Å²) in [5, 5.41) is 9.35. The fourth-order valence-electron chi connectivity index (χ4n) is 2.97. The predicted molar refractivity (Wildman–Crippen MR) is 113 cm³/mol. The van der Waals surface area contributed by atoms with E-state index in [4.69, 9.17) is 16.6 Å². The standard InChI is InChI=1S/C19H21ClN6S/c1-11(2)13-9-22-26-17(8-16(20)24-19(13)26)21-10-18-23-14-7-12(25(3)4)5-6-15(14)27-18/h5-9,11,21H,10H2,1-4H3. The molecule has 4 rings (SSSR count). The van der Waals surface area contributed by atoms with Crippen molar-refractivity contribution in [2.45, 2.75) is 26.3 Å². The molecular formula is C19H21ClN6S. The molecule has 1 aromatic carbocycles. The maximum absolute atomic E-state index is 6.24. The highest BCUT2D eigenvalue weighted by molar-refractivity contribution is 7.18. The first kappa shape index (κ1) is 18.0. The van der Waals surface area contributed by atoms with Crippen LogP contribution in [0.1, 0.15) is 30.3 Å². The van der Waals surface area contributed by atoms with Crippen LogP contribution in [0.3, 0.4) is 0 Å². The minimum atomic E-state index is 0.330. The van der Waals surface area contributed by atoms with Crippen molar-refractivity contribution in [2.75, 3.05) is 24.3 Å². The van der Waals surface area contributed by atoms with Crippen molar-refractivity contribution in [3.05, 3.63) is 46.2 Å². The minimum Gasteiger partial charge on any atom is -0.378 e. The van der Waals surface area contributed by atoms with Gasteiger partial charge in [-0.05, 0) is 24.1 Å². The number of nitrogens with zero attached hydrogens (tertiary/aromatic N) is 5. The SMILES string of the molecule is CC(C)c1cnn2c(NCc3nc4cc(N(C)C)ccc4s3)cc(Cl)nc12. The van der Waals surface area contributed by atoms with Gasteiger partial charge in [-0.15, -0.1) is 11.3 Å². The predicted octanol–water partition coefficient (Wildman–Crippen LogP) is 4.79. The van der Waals surface area contributed by atoms with Gasteiger partial charge in [0.15, 0.2) is 5.65 Å². The molecule has 0 amide bonds. The van der Waals surface area contributed by atoms with Crippen molar-refractivity contribution in [1.82, 2.24) is 19.6 Å². The molecule has 4 aromatic rings. The molecule has 0 fully saturated rings. The van der Waals surface area contributed by atoms with Crippen LogP contribution in [0.2, 0.25) is 5.15 Å². The van der Waals surface area contributed by atoms with Gasteiger partial charge in [-0.2, -0.15) is 9.61 Å². The molecule has 0 radical (unpaired) electrons. The van der Waals surface area contributed by atoms with Gasteiger partial charge in [-0.25, -0.2) is 9.97 Å². The Morgan fingerprint density at radius 3 is 2.78 bits per heavy atom. The van der Waals surface area contributed by atoms with E-state index in [1.54, 1.807) is 21.9 Å². The molecule has 0 bridgehead atoms. The molecule has 0 aliphatic rings. The summed E-state index contributed by atoms with van der Waals surface area (Å²) in [5.41, 5.74) is 4.03. The molecule has 1 N–H and O–H groups in total. The average molecular weight is 401 g/mol. The number of aromatic nitrogens is 4. The van der Waals surface area contributed by atoms with Gasteiger partial charge in [0.05, 0.1) is 23.0 Å². The Morgan fingerprint density at radius 1 is 1.22 bits per heavy atom. The molecule has 0 saturated carbocycles. The molecule has 6 nitrogen and oxygen atoms in total. The monoisotopic (exact) mass is 400 g/mol. The van der Waals surface area contributed by atoms with Crippen molar-refractivity contribution in [1.29, 1.82) is 0 Å². The fraction of sp³-hybridized carbons (Fsp3) is 0.316. The van der Waals surface area contributed by atoms with E-state index in [0.717, 1.165) is 33.2 Å². The Balaban J connectivity index is 1.62. The summed E-state index contributed by atoms with van der Waals surface area (Å²) < 4.78 is 2.98. The van der Waals surface area contributed by atoms with Gasteiger partial charge in [-0.3, -0.25) is 0 Å². The highest BCUT2D eigenvalue weighted by atomic mass is 35.5. The maximum atomic E-state index is 6.24. The Labute approximate surface area is 166 Å². The summed E-state index contributed by atoms with van der Waals surface area (Å²) in [6, 6.07) is 8.14. The van der Waals surface area contributed by atoms with Gasteiger partial charge in [0.1, 0.15) is 16.0 Å². The topological polar surface area (TPSA) is 58.4 Å². The number of fused-ring (bicyclic) bond motifs is 2. The Bertz CT molecular complexity index is 1110. The van der Waals surface area contributed by atoms with Gasteiger partial charge in [0.2, 0.25) is 0 Å². The van der Waals surface area contributed by atoms with Gasteiger partial charge in [0.25, 0.3) is 0 Å². The number of benzene rings is 1. The normalized spacial score (nSPS) is 11.6. The summed E-state index contributed by atoms with van der Waals surface area (Å²) in [6.07, 6.45) is 1.86. The number of halogens is 1. The van der Waals surface area contributed by atoms with E-state index in [9.17, 15) is 0 Å². The first-order valence-corrected chi connectivity index (χ1v) is 9.96. The van der Waals surface area contributed by atoms with Crippen LogP contribution in [0.15, 0.2) is 30.5 Å². The molecule has 0 saturated heterocycles. The zero-order valence-corrected chi connectivity index (χ0v) is 17.3. The lowest BCUT2D eigenvalue weighted by atomic mass is 10.1. The molecule has 8 heteroatoms. The summed E-state index contributed by atoms with van der Waals surface area (Å²) in [5.74, 6) is 1.14. The van der Waals surface area contributed by atoms with Crippen LogP contribution in [0.5, 0.6) is 0 Å². The van der Waals surface area contributed by atoms with Crippen LogP contribution in [-0.4, -0.2) is 33.7 Å². The van der Waals surface area contributed by atoms with E-state index in [1.807, 2.05) is 20.3 Å². The summed E-state index contributed by atoms with van der Waals surface area (Å²) in [6.45, 7) is 4.84. The Hall–Kier alpha value is -2.38. The first-order chi connectivity index (χ1) is 12.9. The molecule has 0 atom stereocenters. The van der Waals surface area contributed by atoms with E-state index in [2.05, 4.69) is 52.3 Å². The first-order valence-electron chi connectivity index (χ1n) is 8.77. The van der Waals surface area contributed by atoms with Crippen LogP contribution >= 0.6 is 22.9 Å². The summed E-state index contributed by atoms with van der Waals surface area (Å²) in [4.78, 5) is 11.3. The van der Waals surface area contributed by atoms with Crippen molar-refractivity contribution in [2.24, 2.45) is 0 Å². The van der Waals surface area contributed by atoms with Crippen molar-refractivity contribution in [3.63, 3.8) is 0 Å². The number of thiazole rings is 1. The second kappa shape index (κ2) is 6.98. The molecule has 0 aliphatic carbocycles. The third-order valence-electron chi connectivity index (χ3n) is 4.44. The molecule has 3 aromatic heterocycles. The van der Waals surface area contributed by atoms with Crippen molar-refractivity contribution < 1.29 is 0 Å². The quantitative estimate of drug-likeness (QED) is 0.488. The number of hydrogen-bond donors (Lipinski definition) is 1. The number of nitrogens with one attached hydrogen (secondary N) is 1. The van der Waals surface area contributed by atoms with E-state index in [-0.39, 0.29) is 0 Å². The van der Waals surface area contributed by atoms with Gasteiger partial charge < -0.3 is 10.2 Å².